The van der Waals surface area contributed by atoms with Crippen molar-refractivity contribution in [2.75, 3.05) is 0 Å². The van der Waals surface area contributed by atoms with Crippen LogP contribution < -0.4 is 16.4 Å². The van der Waals surface area contributed by atoms with Gasteiger partial charge in [0.05, 0.1) is 0 Å². The summed E-state index contributed by atoms with van der Waals surface area (Å²) >= 11 is 4.66. The number of primary amides is 1. The van der Waals surface area contributed by atoms with Crippen molar-refractivity contribution in [3.63, 3.8) is 0 Å². The first-order valence-corrected chi connectivity index (χ1v) is 5.13. The summed E-state index contributed by atoms with van der Waals surface area (Å²) in [5, 5.41) is 4.23. The smallest absolute Gasteiger partial charge is 0.318 e. The van der Waals surface area contributed by atoms with Crippen LogP contribution in [0.1, 0.15) is 5.56 Å². The molecule has 1 aromatic carbocycles. The zero-order chi connectivity index (χ0) is 12.7. The van der Waals surface area contributed by atoms with Gasteiger partial charge in [0, 0.05) is 6.08 Å². The quantitative estimate of drug-likeness (QED) is 0.534. The minimum absolute atomic E-state index is 0.125. The molecule has 0 aromatic heterocycles. The highest BCUT2D eigenvalue weighted by molar-refractivity contribution is 7.80. The zero-order valence-corrected chi connectivity index (χ0v) is 9.66. The maximum atomic E-state index is 11.3. The normalized spacial score (nSPS) is 9.88. The molecule has 0 saturated heterocycles. The van der Waals surface area contributed by atoms with E-state index in [4.69, 9.17) is 5.73 Å². The van der Waals surface area contributed by atoms with Gasteiger partial charge in [-0.25, -0.2) is 4.79 Å². The van der Waals surface area contributed by atoms with Gasteiger partial charge < -0.3 is 5.73 Å². The van der Waals surface area contributed by atoms with Crippen molar-refractivity contribution in [1.29, 1.82) is 0 Å². The van der Waals surface area contributed by atoms with Crippen LogP contribution >= 0.6 is 12.2 Å². The van der Waals surface area contributed by atoms with Crippen LogP contribution in [-0.4, -0.2) is 17.1 Å². The van der Waals surface area contributed by atoms with E-state index >= 15 is 0 Å². The molecule has 0 saturated carbocycles. The van der Waals surface area contributed by atoms with Crippen LogP contribution in [0.25, 0.3) is 6.08 Å². The molecular weight excluding hydrogens is 238 g/mol. The molecule has 0 spiro atoms. The van der Waals surface area contributed by atoms with E-state index in [1.807, 2.05) is 30.3 Å². The van der Waals surface area contributed by atoms with Gasteiger partial charge in [0.15, 0.2) is 5.11 Å². The number of hydrogen-bond donors (Lipinski definition) is 3. The lowest BCUT2D eigenvalue weighted by atomic mass is 10.2. The molecule has 6 heteroatoms. The van der Waals surface area contributed by atoms with Crippen LogP contribution in [-0.2, 0) is 4.79 Å². The van der Waals surface area contributed by atoms with Gasteiger partial charge in [0.2, 0.25) is 5.91 Å². The van der Waals surface area contributed by atoms with Gasteiger partial charge in [-0.2, -0.15) is 0 Å². The number of nitrogens with one attached hydrogen (secondary N) is 2. The summed E-state index contributed by atoms with van der Waals surface area (Å²) in [5.41, 5.74) is 5.71. The number of rotatable bonds is 2. The Morgan fingerprint density at radius 1 is 1.18 bits per heavy atom. The highest BCUT2D eigenvalue weighted by Crippen LogP contribution is 2.00. The van der Waals surface area contributed by atoms with E-state index in [0.717, 1.165) is 5.56 Å². The number of carbonyl (C=O) groups is 2. The van der Waals surface area contributed by atoms with Crippen LogP contribution in [0, 0.1) is 0 Å². The number of carbonyl (C=O) groups excluding carboxylic acids is 2. The third-order valence-electron chi connectivity index (χ3n) is 1.70. The summed E-state index contributed by atoms with van der Waals surface area (Å²) in [6, 6.07) is 8.48. The Balaban J connectivity index is 2.47. The van der Waals surface area contributed by atoms with Crippen molar-refractivity contribution < 1.29 is 9.59 Å². The Bertz CT molecular complexity index is 457. The SMILES string of the molecule is NC(=O)NC(=S)NC(=O)/C=C/c1ccccc1. The van der Waals surface area contributed by atoms with Crippen LogP contribution in [0.4, 0.5) is 4.79 Å². The number of benzene rings is 1. The molecule has 0 bridgehead atoms. The molecule has 88 valence electrons. The predicted molar refractivity (Wildman–Crippen MR) is 68.9 cm³/mol. The van der Waals surface area contributed by atoms with Crippen molar-refractivity contribution in [1.82, 2.24) is 10.6 Å². The molecule has 17 heavy (non-hydrogen) atoms. The first-order chi connectivity index (χ1) is 8.08. The second kappa shape index (κ2) is 6.39. The van der Waals surface area contributed by atoms with E-state index in [1.54, 1.807) is 6.08 Å². The number of amides is 3. The molecule has 1 rings (SSSR count). The monoisotopic (exact) mass is 249 g/mol. The minimum atomic E-state index is -0.817. The molecule has 0 aliphatic heterocycles. The molecule has 5 nitrogen and oxygen atoms in total. The molecular formula is C11H11N3O2S. The molecule has 0 heterocycles. The standard InChI is InChI=1S/C11H11N3O2S/c12-10(16)14-11(17)13-9(15)7-6-8-4-2-1-3-5-8/h1-7H,(H4,12,13,14,15,16,17)/b7-6+. The highest BCUT2D eigenvalue weighted by Gasteiger charge is 2.01. The lowest BCUT2D eigenvalue weighted by Gasteiger charge is -2.03. The van der Waals surface area contributed by atoms with Gasteiger partial charge in [-0.05, 0) is 23.9 Å². The molecule has 4 N–H and O–H groups in total. The summed E-state index contributed by atoms with van der Waals surface area (Å²) in [7, 11) is 0. The van der Waals surface area contributed by atoms with E-state index < -0.39 is 11.9 Å². The summed E-state index contributed by atoms with van der Waals surface area (Å²) in [6.45, 7) is 0. The van der Waals surface area contributed by atoms with Gasteiger partial charge in [0.1, 0.15) is 0 Å². The zero-order valence-electron chi connectivity index (χ0n) is 8.84. The average Bonchev–Trinajstić information content (AvgIpc) is 2.26. The number of urea groups is 1. The van der Waals surface area contributed by atoms with Crippen molar-refractivity contribution >= 4 is 35.3 Å². The third kappa shape index (κ3) is 5.43. The van der Waals surface area contributed by atoms with Gasteiger partial charge in [-0.3, -0.25) is 15.4 Å². The van der Waals surface area contributed by atoms with Crippen molar-refractivity contribution in [3.8, 4) is 0 Å². The lowest BCUT2D eigenvalue weighted by Crippen LogP contribution is -2.43. The predicted octanol–water partition coefficient (Wildman–Crippen LogP) is 0.769. The number of thiocarbonyl (C=S) groups is 1. The number of hydrogen-bond acceptors (Lipinski definition) is 3. The molecule has 0 fully saturated rings. The Kier molecular flexibility index (Phi) is 4.83. The summed E-state index contributed by atoms with van der Waals surface area (Å²) in [6.07, 6.45) is 2.94. The van der Waals surface area contributed by atoms with E-state index in [9.17, 15) is 9.59 Å². The van der Waals surface area contributed by atoms with Crippen molar-refractivity contribution in [2.45, 2.75) is 0 Å². The molecule has 0 aliphatic rings. The highest BCUT2D eigenvalue weighted by atomic mass is 32.1. The second-order valence-corrected chi connectivity index (χ2v) is 3.46. The molecule has 0 atom stereocenters. The van der Waals surface area contributed by atoms with E-state index in [1.165, 1.54) is 6.08 Å². The van der Waals surface area contributed by atoms with Crippen molar-refractivity contribution in [3.05, 3.63) is 42.0 Å². The molecule has 0 radical (unpaired) electrons. The molecule has 1 aromatic rings. The Hall–Kier alpha value is -2.21. The van der Waals surface area contributed by atoms with Crippen LogP contribution in [0.3, 0.4) is 0 Å². The fraction of sp³-hybridized carbons (Fsp3) is 0. The van der Waals surface area contributed by atoms with Gasteiger partial charge >= 0.3 is 6.03 Å². The summed E-state index contributed by atoms with van der Waals surface area (Å²) in [4.78, 5) is 21.8. The van der Waals surface area contributed by atoms with Gasteiger partial charge in [-0.1, -0.05) is 30.3 Å². The largest absolute Gasteiger partial charge is 0.351 e. The fourth-order valence-corrected chi connectivity index (χ4v) is 1.23. The van der Waals surface area contributed by atoms with E-state index in [2.05, 4.69) is 22.9 Å². The van der Waals surface area contributed by atoms with Crippen LogP contribution in [0.2, 0.25) is 0 Å². The van der Waals surface area contributed by atoms with Gasteiger partial charge in [-0.15, -0.1) is 0 Å². The number of nitrogens with two attached hydrogens (primary N) is 1. The summed E-state index contributed by atoms with van der Waals surface area (Å²) < 4.78 is 0. The second-order valence-electron chi connectivity index (χ2n) is 3.05. The Morgan fingerprint density at radius 3 is 2.41 bits per heavy atom. The fourth-order valence-electron chi connectivity index (χ4n) is 1.03. The Morgan fingerprint density at radius 2 is 1.82 bits per heavy atom. The maximum Gasteiger partial charge on any atom is 0.318 e. The minimum Gasteiger partial charge on any atom is -0.351 e. The molecule has 3 amide bonds. The summed E-state index contributed by atoms with van der Waals surface area (Å²) in [5.74, 6) is -0.437. The third-order valence-corrected chi connectivity index (χ3v) is 1.90. The average molecular weight is 249 g/mol. The van der Waals surface area contributed by atoms with E-state index in [0.29, 0.717) is 0 Å². The van der Waals surface area contributed by atoms with Crippen LogP contribution in [0.5, 0.6) is 0 Å². The Labute approximate surface area is 104 Å². The van der Waals surface area contributed by atoms with Crippen molar-refractivity contribution in [2.24, 2.45) is 5.73 Å². The topological polar surface area (TPSA) is 84.2 Å². The maximum absolute atomic E-state index is 11.3. The van der Waals surface area contributed by atoms with Gasteiger partial charge in [0.25, 0.3) is 0 Å². The molecule has 0 unspecified atom stereocenters. The van der Waals surface area contributed by atoms with Crippen LogP contribution in [0.15, 0.2) is 36.4 Å². The first-order valence-electron chi connectivity index (χ1n) is 4.72. The lowest BCUT2D eigenvalue weighted by molar-refractivity contribution is -0.115. The first kappa shape index (κ1) is 12.9. The van der Waals surface area contributed by atoms with E-state index in [-0.39, 0.29) is 5.11 Å². The molecule has 0 aliphatic carbocycles.